The molecule has 2 unspecified atom stereocenters. The van der Waals surface area contributed by atoms with Crippen molar-refractivity contribution >= 4 is 17.7 Å². The molecule has 1 fully saturated rings. The number of Topliss-reactive ketones (excluding diaryl/α,β-unsaturated/α-hetero) is 1. The fraction of sp³-hybridized carbons (Fsp3) is 0.389. The van der Waals surface area contributed by atoms with E-state index in [-0.39, 0.29) is 18.7 Å². The Kier molecular flexibility index (Phi) is 6.42. The van der Waals surface area contributed by atoms with Crippen LogP contribution in [0.15, 0.2) is 49.1 Å². The van der Waals surface area contributed by atoms with Gasteiger partial charge in [-0.3, -0.25) is 14.5 Å². The Morgan fingerprint density at radius 1 is 1.33 bits per heavy atom. The van der Waals surface area contributed by atoms with E-state index in [0.717, 1.165) is 9.80 Å². The molecule has 0 saturated carbocycles. The lowest BCUT2D eigenvalue weighted by molar-refractivity contribution is -0.162. The highest BCUT2D eigenvalue weighted by atomic mass is 16.3. The molecular weight excluding hydrogens is 308 g/mol. The third kappa shape index (κ3) is 3.71. The van der Waals surface area contributed by atoms with Gasteiger partial charge in [0.15, 0.2) is 5.78 Å². The van der Waals surface area contributed by atoms with E-state index in [1.807, 2.05) is 0 Å². The van der Waals surface area contributed by atoms with Gasteiger partial charge in [0.25, 0.3) is 0 Å². The molecule has 0 aromatic carbocycles. The summed E-state index contributed by atoms with van der Waals surface area (Å²) in [6.07, 6.45) is 6.90. The number of urea groups is 1. The first kappa shape index (κ1) is 19.6. The summed E-state index contributed by atoms with van der Waals surface area (Å²) in [4.78, 5) is 39.2. The normalized spacial score (nSPS) is 25.3. The van der Waals surface area contributed by atoms with Gasteiger partial charge in [-0.2, -0.15) is 0 Å². The molecule has 130 valence electrons. The Bertz CT molecular complexity index is 621. The number of aliphatic hydroxyl groups excluding tert-OH is 1. The summed E-state index contributed by atoms with van der Waals surface area (Å²) >= 11 is 0. The summed E-state index contributed by atoms with van der Waals surface area (Å²) in [6, 6.07) is -0.697. The number of hydrogen-bond acceptors (Lipinski definition) is 4. The number of allylic oxidation sites excluding steroid dienone is 5. The van der Waals surface area contributed by atoms with Crippen molar-refractivity contribution in [2.75, 3.05) is 13.6 Å². The maximum absolute atomic E-state index is 12.7. The van der Waals surface area contributed by atoms with Gasteiger partial charge in [0.05, 0.1) is 12.0 Å². The number of carbonyl (C=O) groups is 3. The third-order valence-electron chi connectivity index (χ3n) is 4.11. The smallest absolute Gasteiger partial charge is 0.328 e. The fourth-order valence-corrected chi connectivity index (χ4v) is 2.50. The van der Waals surface area contributed by atoms with Gasteiger partial charge in [0.1, 0.15) is 6.23 Å². The molecule has 0 radical (unpaired) electrons. The first-order valence-electron chi connectivity index (χ1n) is 7.57. The summed E-state index contributed by atoms with van der Waals surface area (Å²) in [5, 5.41) is 10.3. The molecule has 0 aromatic heterocycles. The van der Waals surface area contributed by atoms with E-state index in [0.29, 0.717) is 5.57 Å². The molecule has 1 saturated heterocycles. The summed E-state index contributed by atoms with van der Waals surface area (Å²) in [7, 11) is 1.40. The minimum absolute atomic E-state index is 0.187. The van der Waals surface area contributed by atoms with Crippen molar-refractivity contribution in [3.05, 3.63) is 49.1 Å². The van der Waals surface area contributed by atoms with Crippen molar-refractivity contribution in [2.24, 2.45) is 5.41 Å². The highest BCUT2D eigenvalue weighted by molar-refractivity contribution is 6.06. The van der Waals surface area contributed by atoms with E-state index < -0.39 is 23.6 Å². The van der Waals surface area contributed by atoms with Crippen LogP contribution >= 0.6 is 0 Å². The molecule has 3 amide bonds. The van der Waals surface area contributed by atoms with Gasteiger partial charge in [-0.15, -0.1) is 6.58 Å². The topological polar surface area (TPSA) is 77.9 Å². The Morgan fingerprint density at radius 3 is 2.50 bits per heavy atom. The number of rotatable bonds is 7. The summed E-state index contributed by atoms with van der Waals surface area (Å²) < 4.78 is 0. The average Bonchev–Trinajstić information content (AvgIpc) is 2.55. The fourth-order valence-electron chi connectivity index (χ4n) is 2.50. The molecule has 1 aliphatic heterocycles. The second-order valence-corrected chi connectivity index (χ2v) is 5.96. The minimum atomic E-state index is -1.27. The molecular formula is C18H24N2O4. The predicted octanol–water partition coefficient (Wildman–Crippen LogP) is 2.04. The number of imide groups is 1. The lowest BCUT2D eigenvalue weighted by Gasteiger charge is -2.46. The zero-order valence-electron chi connectivity index (χ0n) is 14.4. The number of nitrogens with zero attached hydrogens (tertiary/aromatic N) is 2. The third-order valence-corrected chi connectivity index (χ3v) is 4.11. The highest BCUT2D eigenvalue weighted by Crippen LogP contribution is 2.35. The van der Waals surface area contributed by atoms with E-state index in [9.17, 15) is 19.5 Å². The van der Waals surface area contributed by atoms with E-state index in [2.05, 4.69) is 13.2 Å². The van der Waals surface area contributed by atoms with Gasteiger partial charge in [-0.05, 0) is 25.8 Å². The van der Waals surface area contributed by atoms with Crippen LogP contribution in [0.4, 0.5) is 4.79 Å². The zero-order valence-corrected chi connectivity index (χ0v) is 14.4. The lowest BCUT2D eigenvalue weighted by atomic mass is 9.81. The molecule has 24 heavy (non-hydrogen) atoms. The van der Waals surface area contributed by atoms with Crippen LogP contribution in [-0.2, 0) is 9.59 Å². The molecule has 1 rings (SSSR count). The Labute approximate surface area is 142 Å². The summed E-state index contributed by atoms with van der Waals surface area (Å²) in [6.45, 7) is 9.91. The number of hydrogen-bond donors (Lipinski definition) is 1. The monoisotopic (exact) mass is 332 g/mol. The van der Waals surface area contributed by atoms with Crippen molar-refractivity contribution < 1.29 is 19.5 Å². The molecule has 6 nitrogen and oxygen atoms in total. The largest absolute Gasteiger partial charge is 0.372 e. The van der Waals surface area contributed by atoms with Gasteiger partial charge >= 0.3 is 6.03 Å². The van der Waals surface area contributed by atoms with Gasteiger partial charge in [-0.1, -0.05) is 37.0 Å². The van der Waals surface area contributed by atoms with Crippen LogP contribution in [0.1, 0.15) is 20.3 Å². The quantitative estimate of drug-likeness (QED) is 0.440. The lowest BCUT2D eigenvalue weighted by Crippen LogP contribution is -2.65. The van der Waals surface area contributed by atoms with E-state index in [4.69, 9.17) is 0 Å². The second-order valence-electron chi connectivity index (χ2n) is 5.96. The molecule has 1 heterocycles. The number of carbonyl (C=O) groups excluding carboxylic acids is 3. The second kappa shape index (κ2) is 7.88. The van der Waals surface area contributed by atoms with Crippen LogP contribution in [0, 0.1) is 5.41 Å². The van der Waals surface area contributed by atoms with Gasteiger partial charge in [0.2, 0.25) is 5.91 Å². The molecule has 0 spiro atoms. The predicted molar refractivity (Wildman–Crippen MR) is 91.9 cm³/mol. The van der Waals surface area contributed by atoms with Crippen LogP contribution in [0.3, 0.4) is 0 Å². The minimum Gasteiger partial charge on any atom is -0.372 e. The van der Waals surface area contributed by atoms with Gasteiger partial charge in [0, 0.05) is 7.05 Å². The first-order valence-corrected chi connectivity index (χ1v) is 7.57. The van der Waals surface area contributed by atoms with E-state index in [1.54, 1.807) is 38.2 Å². The van der Waals surface area contributed by atoms with Crippen molar-refractivity contribution in [3.8, 4) is 0 Å². The highest BCUT2D eigenvalue weighted by Gasteiger charge is 2.52. The van der Waals surface area contributed by atoms with E-state index >= 15 is 0 Å². The van der Waals surface area contributed by atoms with Crippen LogP contribution in [0.2, 0.25) is 0 Å². The molecule has 0 aliphatic carbocycles. The Balaban J connectivity index is 3.07. The van der Waals surface area contributed by atoms with Crippen LogP contribution in [0.5, 0.6) is 0 Å². The number of ketones is 1. The molecule has 0 aromatic rings. The van der Waals surface area contributed by atoms with Crippen molar-refractivity contribution in [1.82, 2.24) is 9.80 Å². The molecule has 2 atom stereocenters. The number of aliphatic hydroxyl groups is 1. The first-order chi connectivity index (χ1) is 11.2. The van der Waals surface area contributed by atoms with Crippen molar-refractivity contribution in [2.45, 2.75) is 26.5 Å². The van der Waals surface area contributed by atoms with Gasteiger partial charge < -0.3 is 10.0 Å². The van der Waals surface area contributed by atoms with Crippen molar-refractivity contribution in [1.29, 1.82) is 0 Å². The maximum atomic E-state index is 12.7. The van der Waals surface area contributed by atoms with Gasteiger partial charge in [-0.25, -0.2) is 4.79 Å². The molecule has 1 N–H and O–H groups in total. The molecule has 0 bridgehead atoms. The molecule has 1 aliphatic rings. The van der Waals surface area contributed by atoms with Crippen LogP contribution in [0.25, 0.3) is 0 Å². The maximum Gasteiger partial charge on any atom is 0.328 e. The zero-order chi connectivity index (χ0) is 18.5. The van der Waals surface area contributed by atoms with Crippen molar-refractivity contribution in [3.63, 3.8) is 0 Å². The Hall–Kier alpha value is -2.47. The summed E-state index contributed by atoms with van der Waals surface area (Å²) in [5.74, 6) is -0.933. The number of amides is 3. The summed E-state index contributed by atoms with van der Waals surface area (Å²) in [5.41, 5.74) is -0.821. The molecule has 6 heteroatoms. The Morgan fingerprint density at radius 2 is 1.96 bits per heavy atom. The SMILES string of the molecule is C=C/C=C\C=C(/C)C(=O)CN1C(=O)N(C)C(O)C(C)(CC=C)C1=O. The van der Waals surface area contributed by atoms with Crippen LogP contribution < -0.4 is 0 Å². The average molecular weight is 332 g/mol. The van der Waals surface area contributed by atoms with E-state index in [1.165, 1.54) is 13.1 Å². The van der Waals surface area contributed by atoms with Crippen LogP contribution in [-0.4, -0.2) is 52.4 Å². The standard InChI is InChI=1S/C18H24N2O4/c1-6-8-9-10-13(3)14(21)12-20-16(23)18(4,11-7-2)15(22)19(5)17(20)24/h6-10,15,22H,1-2,11-12H2,3-5H3/b9-8-,13-10+.